The summed E-state index contributed by atoms with van der Waals surface area (Å²) in [6.45, 7) is 0.153. The molecule has 13 heteroatoms. The predicted molar refractivity (Wildman–Crippen MR) is 119 cm³/mol. The molecule has 3 aromatic rings. The number of nitrogens with zero attached hydrogens (tertiary/aromatic N) is 3. The van der Waals surface area contributed by atoms with Crippen LogP contribution in [0.2, 0.25) is 15.1 Å². The molecular formula is C19H13Cl3N4O5S. The molecule has 1 amide bonds. The maximum atomic E-state index is 12.0. The van der Waals surface area contributed by atoms with E-state index in [2.05, 4.69) is 20.7 Å². The zero-order valence-electron chi connectivity index (χ0n) is 16.0. The van der Waals surface area contributed by atoms with E-state index in [1.807, 2.05) is 0 Å². The van der Waals surface area contributed by atoms with E-state index in [4.69, 9.17) is 53.4 Å². The predicted octanol–water partition coefficient (Wildman–Crippen LogP) is 4.58. The number of rotatable bonds is 8. The molecule has 0 atom stereocenters. The van der Waals surface area contributed by atoms with Crippen LogP contribution in [0.3, 0.4) is 0 Å². The number of carbonyl (C=O) groups excluding carboxylic acids is 1. The minimum atomic E-state index is -0.368. The molecule has 32 heavy (non-hydrogen) atoms. The Balaban J connectivity index is 1.23. The second-order valence-corrected chi connectivity index (χ2v) is 8.31. The summed E-state index contributed by atoms with van der Waals surface area (Å²) in [5.74, 6) is 1.43. The molecule has 9 nitrogen and oxygen atoms in total. The quantitative estimate of drug-likeness (QED) is 0.264. The van der Waals surface area contributed by atoms with Crippen LogP contribution in [0.4, 0.5) is 0 Å². The van der Waals surface area contributed by atoms with Crippen molar-refractivity contribution >= 4 is 58.7 Å². The van der Waals surface area contributed by atoms with E-state index in [1.54, 1.807) is 30.3 Å². The number of halogens is 3. The highest BCUT2D eigenvalue weighted by molar-refractivity contribution is 7.99. The SMILES string of the molecule is O=C(CSc1nnc(COc2ccc(Cl)cc2Cl)o1)N/N=C\c1cc2c(cc1Cl)OCO2. The summed E-state index contributed by atoms with van der Waals surface area (Å²) in [7, 11) is 0. The summed E-state index contributed by atoms with van der Waals surface area (Å²) < 4.78 is 21.5. The lowest BCUT2D eigenvalue weighted by Gasteiger charge is -2.05. The van der Waals surface area contributed by atoms with Gasteiger partial charge in [0.15, 0.2) is 18.1 Å². The van der Waals surface area contributed by atoms with Gasteiger partial charge in [-0.15, -0.1) is 10.2 Å². The van der Waals surface area contributed by atoms with Crippen molar-refractivity contribution in [3.05, 3.63) is 56.9 Å². The number of thioether (sulfide) groups is 1. The van der Waals surface area contributed by atoms with Gasteiger partial charge in [0.1, 0.15) is 5.75 Å². The number of hydrogen-bond donors (Lipinski definition) is 1. The first kappa shape index (κ1) is 22.5. The Labute approximate surface area is 201 Å². The largest absolute Gasteiger partial charge is 0.482 e. The monoisotopic (exact) mass is 514 g/mol. The summed E-state index contributed by atoms with van der Waals surface area (Å²) in [4.78, 5) is 12.0. The molecule has 0 bridgehead atoms. The van der Waals surface area contributed by atoms with Gasteiger partial charge in [-0.25, -0.2) is 5.43 Å². The van der Waals surface area contributed by atoms with Crippen molar-refractivity contribution < 1.29 is 23.4 Å². The van der Waals surface area contributed by atoms with Crippen LogP contribution >= 0.6 is 46.6 Å². The van der Waals surface area contributed by atoms with Crippen LogP contribution in [0, 0.1) is 0 Å². The highest BCUT2D eigenvalue weighted by atomic mass is 35.5. The standard InChI is InChI=1S/C19H13Cl3N4O5S/c20-11-1-2-14(13(22)4-11)28-7-18-25-26-19(31-18)32-8-17(27)24-23-6-10-3-15-16(5-12(10)21)30-9-29-15/h1-6H,7-9H2,(H,24,27)/b23-6-. The van der Waals surface area contributed by atoms with Crippen LogP contribution in [0.25, 0.3) is 0 Å². The first-order valence-electron chi connectivity index (χ1n) is 8.92. The Kier molecular flexibility index (Phi) is 7.26. The maximum Gasteiger partial charge on any atom is 0.277 e. The van der Waals surface area contributed by atoms with Crippen molar-refractivity contribution in [1.29, 1.82) is 0 Å². The van der Waals surface area contributed by atoms with Gasteiger partial charge >= 0.3 is 0 Å². The Bertz CT molecular complexity index is 1170. The second-order valence-electron chi connectivity index (χ2n) is 6.13. The Morgan fingerprint density at radius 2 is 1.97 bits per heavy atom. The average Bonchev–Trinajstić information content (AvgIpc) is 3.40. The minimum absolute atomic E-state index is 0.0116. The van der Waals surface area contributed by atoms with Crippen molar-refractivity contribution in [2.24, 2.45) is 5.10 Å². The van der Waals surface area contributed by atoms with E-state index in [0.717, 1.165) is 11.8 Å². The van der Waals surface area contributed by atoms with Gasteiger partial charge in [0.05, 0.1) is 22.0 Å². The number of benzene rings is 2. The molecular weight excluding hydrogens is 503 g/mol. The van der Waals surface area contributed by atoms with Gasteiger partial charge in [-0.05, 0) is 24.3 Å². The molecule has 0 unspecified atom stereocenters. The molecule has 0 spiro atoms. The number of aromatic nitrogens is 2. The highest BCUT2D eigenvalue weighted by Gasteiger charge is 2.16. The van der Waals surface area contributed by atoms with Crippen molar-refractivity contribution in [3.63, 3.8) is 0 Å². The van der Waals surface area contributed by atoms with Crippen LogP contribution in [0.5, 0.6) is 17.2 Å². The lowest BCUT2D eigenvalue weighted by Crippen LogP contribution is -2.19. The number of amides is 1. The van der Waals surface area contributed by atoms with Gasteiger partial charge in [-0.1, -0.05) is 46.6 Å². The summed E-state index contributed by atoms with van der Waals surface area (Å²) in [6, 6.07) is 8.15. The first-order valence-corrected chi connectivity index (χ1v) is 11.0. The molecule has 1 aliphatic rings. The van der Waals surface area contributed by atoms with Gasteiger partial charge in [0.2, 0.25) is 6.79 Å². The van der Waals surface area contributed by atoms with Gasteiger partial charge < -0.3 is 18.6 Å². The molecule has 4 rings (SSSR count). The van der Waals surface area contributed by atoms with Crippen LogP contribution in [0.1, 0.15) is 11.5 Å². The summed E-state index contributed by atoms with van der Waals surface area (Å²) in [6.07, 6.45) is 1.41. The Hall–Kier alpha value is -2.66. The molecule has 0 saturated heterocycles. The molecule has 1 N–H and O–H groups in total. The molecule has 2 heterocycles. The third-order valence-electron chi connectivity index (χ3n) is 3.90. The van der Waals surface area contributed by atoms with E-state index in [0.29, 0.717) is 37.9 Å². The van der Waals surface area contributed by atoms with E-state index < -0.39 is 0 Å². The van der Waals surface area contributed by atoms with Gasteiger partial charge in [0.25, 0.3) is 17.0 Å². The van der Waals surface area contributed by atoms with Gasteiger partial charge in [-0.2, -0.15) is 5.10 Å². The summed E-state index contributed by atoms with van der Waals surface area (Å²) in [5, 5.41) is 13.1. The van der Waals surface area contributed by atoms with Crippen molar-refractivity contribution in [3.8, 4) is 17.2 Å². The molecule has 1 aromatic heterocycles. The number of nitrogens with one attached hydrogen (secondary N) is 1. The van der Waals surface area contributed by atoms with Crippen LogP contribution in [-0.2, 0) is 11.4 Å². The molecule has 0 radical (unpaired) electrons. The highest BCUT2D eigenvalue weighted by Crippen LogP contribution is 2.36. The Morgan fingerprint density at radius 1 is 1.16 bits per heavy atom. The molecule has 2 aromatic carbocycles. The number of carbonyl (C=O) groups is 1. The number of hydrogen-bond acceptors (Lipinski definition) is 9. The molecule has 1 aliphatic heterocycles. The van der Waals surface area contributed by atoms with E-state index in [9.17, 15) is 4.79 Å². The van der Waals surface area contributed by atoms with Gasteiger partial charge in [0, 0.05) is 16.7 Å². The van der Waals surface area contributed by atoms with Crippen LogP contribution in [0.15, 0.2) is 45.1 Å². The summed E-state index contributed by atoms with van der Waals surface area (Å²) in [5.41, 5.74) is 2.97. The zero-order chi connectivity index (χ0) is 22.5. The maximum absolute atomic E-state index is 12.0. The molecule has 0 saturated carbocycles. The van der Waals surface area contributed by atoms with Crippen molar-refractivity contribution in [2.75, 3.05) is 12.5 Å². The average molecular weight is 516 g/mol. The third kappa shape index (κ3) is 5.77. The van der Waals surface area contributed by atoms with Crippen LogP contribution < -0.4 is 19.6 Å². The fraction of sp³-hybridized carbons (Fsp3) is 0.158. The van der Waals surface area contributed by atoms with E-state index in [-0.39, 0.29) is 36.2 Å². The first-order chi connectivity index (χ1) is 15.5. The van der Waals surface area contributed by atoms with E-state index >= 15 is 0 Å². The normalized spacial score (nSPS) is 12.3. The fourth-order valence-electron chi connectivity index (χ4n) is 2.45. The van der Waals surface area contributed by atoms with Gasteiger partial charge in [-0.3, -0.25) is 4.79 Å². The van der Waals surface area contributed by atoms with Crippen molar-refractivity contribution in [1.82, 2.24) is 15.6 Å². The number of fused-ring (bicyclic) bond motifs is 1. The molecule has 0 fully saturated rings. The smallest absolute Gasteiger partial charge is 0.277 e. The molecule has 166 valence electrons. The minimum Gasteiger partial charge on any atom is -0.482 e. The topological polar surface area (TPSA) is 108 Å². The lowest BCUT2D eigenvalue weighted by atomic mass is 10.2. The Morgan fingerprint density at radius 3 is 2.78 bits per heavy atom. The summed E-state index contributed by atoms with van der Waals surface area (Å²) >= 11 is 19.1. The second kappa shape index (κ2) is 10.3. The third-order valence-corrected chi connectivity index (χ3v) is 5.58. The van der Waals surface area contributed by atoms with Crippen molar-refractivity contribution in [2.45, 2.75) is 11.8 Å². The van der Waals surface area contributed by atoms with E-state index in [1.165, 1.54) is 6.21 Å². The number of hydrazone groups is 1. The zero-order valence-corrected chi connectivity index (χ0v) is 19.1. The molecule has 0 aliphatic carbocycles. The van der Waals surface area contributed by atoms with Crippen LogP contribution in [-0.4, -0.2) is 34.9 Å². The number of ether oxygens (including phenoxy) is 3. The fourth-order valence-corrected chi connectivity index (χ4v) is 3.69. The lowest BCUT2D eigenvalue weighted by molar-refractivity contribution is -0.118.